The van der Waals surface area contributed by atoms with Crippen molar-refractivity contribution in [3.05, 3.63) is 23.7 Å². The third kappa shape index (κ3) is 4.24. The van der Waals surface area contributed by atoms with E-state index in [9.17, 15) is 8.78 Å². The van der Waals surface area contributed by atoms with E-state index in [2.05, 4.69) is 25.7 Å². The van der Waals surface area contributed by atoms with E-state index in [-0.39, 0.29) is 36.7 Å². The van der Waals surface area contributed by atoms with Crippen molar-refractivity contribution in [2.24, 2.45) is 0 Å². The molecule has 1 aliphatic carbocycles. The smallest absolute Gasteiger partial charge is 0.297 e. The van der Waals surface area contributed by atoms with Crippen molar-refractivity contribution in [2.45, 2.75) is 44.7 Å². The molecule has 1 aliphatic heterocycles. The average Bonchev–Trinajstić information content (AvgIpc) is 3.08. The van der Waals surface area contributed by atoms with Crippen LogP contribution in [-0.2, 0) is 0 Å². The molecular weight excluding hydrogens is 385 g/mol. The van der Waals surface area contributed by atoms with Gasteiger partial charge in [-0.3, -0.25) is 0 Å². The Bertz CT molecular complexity index is 725. The molecule has 10 heteroatoms. The first-order valence-electron chi connectivity index (χ1n) is 8.31. The van der Waals surface area contributed by atoms with Crippen LogP contribution < -0.4 is 10.6 Å². The van der Waals surface area contributed by atoms with Gasteiger partial charge in [0, 0.05) is 18.2 Å². The fourth-order valence-electron chi connectivity index (χ4n) is 3.05. The second kappa shape index (κ2) is 8.45. The molecule has 0 unspecified atom stereocenters. The molecule has 0 spiro atoms. The van der Waals surface area contributed by atoms with Crippen LogP contribution in [0.1, 0.15) is 43.2 Å². The van der Waals surface area contributed by atoms with Crippen LogP contribution in [-0.4, -0.2) is 38.9 Å². The molecule has 2 aliphatic rings. The van der Waals surface area contributed by atoms with E-state index < -0.39 is 6.43 Å². The second-order valence-electron chi connectivity index (χ2n) is 6.43. The van der Waals surface area contributed by atoms with Gasteiger partial charge in [-0.2, -0.15) is 5.10 Å². The molecule has 1 saturated carbocycles. The van der Waals surface area contributed by atoms with Gasteiger partial charge in [-0.1, -0.05) is 0 Å². The molecule has 2 aromatic rings. The number of hydrogen-bond acceptors (Lipinski definition) is 5. The van der Waals surface area contributed by atoms with Gasteiger partial charge in [0.2, 0.25) is 0 Å². The third-order valence-electron chi connectivity index (χ3n) is 4.48. The Balaban J connectivity index is 0.00000121. The molecule has 26 heavy (non-hydrogen) atoms. The molecule has 2 N–H and O–H groups in total. The summed E-state index contributed by atoms with van der Waals surface area (Å²) in [6.45, 7) is 3.79. The van der Waals surface area contributed by atoms with E-state index in [1.165, 1.54) is 4.68 Å². The fraction of sp³-hybridized carbons (Fsp3) is 0.562. The number of pyridine rings is 1. The molecule has 144 valence electrons. The van der Waals surface area contributed by atoms with Crippen molar-refractivity contribution in [2.75, 3.05) is 18.4 Å². The molecule has 4 rings (SSSR count). The third-order valence-corrected chi connectivity index (χ3v) is 4.48. The van der Waals surface area contributed by atoms with Crippen LogP contribution >= 0.6 is 24.8 Å². The number of hydrogen-bond donors (Lipinski definition) is 2. The number of aromatic nitrogens is 4. The van der Waals surface area contributed by atoms with Crippen molar-refractivity contribution in [1.29, 1.82) is 0 Å². The van der Waals surface area contributed by atoms with Gasteiger partial charge < -0.3 is 10.6 Å². The predicted molar refractivity (Wildman–Crippen MR) is 101 cm³/mol. The van der Waals surface area contributed by atoms with Gasteiger partial charge in [0.25, 0.3) is 6.43 Å². The lowest BCUT2D eigenvalue weighted by Crippen LogP contribution is -2.22. The summed E-state index contributed by atoms with van der Waals surface area (Å²) in [6.07, 6.45) is 0.222. The van der Waals surface area contributed by atoms with Gasteiger partial charge in [-0.15, -0.1) is 24.8 Å². The van der Waals surface area contributed by atoms with E-state index in [0.29, 0.717) is 17.4 Å². The van der Waals surface area contributed by atoms with Gasteiger partial charge >= 0.3 is 0 Å². The van der Waals surface area contributed by atoms with E-state index in [0.717, 1.165) is 43.9 Å². The minimum Gasteiger partial charge on any atom is -0.366 e. The van der Waals surface area contributed by atoms with Gasteiger partial charge in [-0.05, 0) is 44.9 Å². The SMILES string of the molecule is Cc1nc(N[C@H]2CCNC2)ccc1-c1nc(C(F)F)n(C2CC2)n1.Cl.Cl. The van der Waals surface area contributed by atoms with Crippen molar-refractivity contribution in [3.8, 4) is 11.4 Å². The zero-order valence-electron chi connectivity index (χ0n) is 14.3. The molecule has 1 saturated heterocycles. The first-order valence-corrected chi connectivity index (χ1v) is 8.31. The van der Waals surface area contributed by atoms with E-state index >= 15 is 0 Å². The normalized spacial score (nSPS) is 19.2. The summed E-state index contributed by atoms with van der Waals surface area (Å²) >= 11 is 0. The number of nitrogens with one attached hydrogen (secondary N) is 2. The zero-order chi connectivity index (χ0) is 16.7. The number of aryl methyl sites for hydroxylation is 1. The van der Waals surface area contributed by atoms with Crippen LogP contribution in [0.25, 0.3) is 11.4 Å². The van der Waals surface area contributed by atoms with Gasteiger partial charge in [-0.25, -0.2) is 23.4 Å². The molecule has 1 atom stereocenters. The van der Waals surface area contributed by atoms with Crippen LogP contribution in [0.15, 0.2) is 12.1 Å². The largest absolute Gasteiger partial charge is 0.366 e. The second-order valence-corrected chi connectivity index (χ2v) is 6.43. The lowest BCUT2D eigenvalue weighted by molar-refractivity contribution is 0.133. The van der Waals surface area contributed by atoms with Crippen molar-refractivity contribution in [1.82, 2.24) is 25.1 Å². The summed E-state index contributed by atoms with van der Waals surface area (Å²) in [5.41, 5.74) is 1.44. The van der Waals surface area contributed by atoms with Gasteiger partial charge in [0.05, 0.1) is 11.7 Å². The quantitative estimate of drug-likeness (QED) is 0.794. The number of rotatable bonds is 5. The first kappa shape index (κ1) is 20.8. The van der Waals surface area contributed by atoms with Crippen LogP contribution in [0.2, 0.25) is 0 Å². The highest BCUT2D eigenvalue weighted by molar-refractivity contribution is 5.85. The molecule has 2 aromatic heterocycles. The standard InChI is InChI=1S/C16H20F2N6.2ClH/c1-9-12(4-5-13(20-9)21-10-6-7-19-8-10)15-22-16(14(17)18)24(23-15)11-2-3-11;;/h4-5,10-11,14,19H,2-3,6-8H2,1H3,(H,20,21);2*1H/t10-;;/m0../s1. The first-order chi connectivity index (χ1) is 11.6. The molecule has 6 nitrogen and oxygen atoms in total. The molecule has 0 bridgehead atoms. The minimum absolute atomic E-state index is 0. The lowest BCUT2D eigenvalue weighted by atomic mass is 10.2. The summed E-state index contributed by atoms with van der Waals surface area (Å²) < 4.78 is 27.7. The summed E-state index contributed by atoms with van der Waals surface area (Å²) in [6, 6.07) is 4.16. The van der Waals surface area contributed by atoms with Crippen LogP contribution in [0.4, 0.5) is 14.6 Å². The number of anilines is 1. The summed E-state index contributed by atoms with van der Waals surface area (Å²) in [5, 5.41) is 11.0. The monoisotopic (exact) mass is 406 g/mol. The Hall–Kier alpha value is -1.51. The summed E-state index contributed by atoms with van der Waals surface area (Å²) in [4.78, 5) is 8.61. The Kier molecular flexibility index (Phi) is 6.76. The van der Waals surface area contributed by atoms with Crippen LogP contribution in [0, 0.1) is 6.92 Å². The Labute approximate surface area is 163 Å². The highest BCUT2D eigenvalue weighted by atomic mass is 35.5. The van der Waals surface area contributed by atoms with E-state index in [4.69, 9.17) is 0 Å². The van der Waals surface area contributed by atoms with Gasteiger partial charge in [0.1, 0.15) is 5.82 Å². The zero-order valence-corrected chi connectivity index (χ0v) is 15.9. The summed E-state index contributed by atoms with van der Waals surface area (Å²) in [7, 11) is 0. The number of nitrogens with zero attached hydrogens (tertiary/aromatic N) is 4. The molecule has 0 radical (unpaired) electrons. The highest BCUT2D eigenvalue weighted by Crippen LogP contribution is 2.38. The van der Waals surface area contributed by atoms with Crippen molar-refractivity contribution < 1.29 is 8.78 Å². The predicted octanol–water partition coefficient (Wildman–Crippen LogP) is 3.54. The van der Waals surface area contributed by atoms with E-state index in [1.807, 2.05) is 19.1 Å². The Morgan fingerprint density at radius 3 is 2.54 bits per heavy atom. The maximum atomic E-state index is 13.2. The molecule has 0 amide bonds. The Morgan fingerprint density at radius 2 is 1.96 bits per heavy atom. The van der Waals surface area contributed by atoms with Crippen LogP contribution in [0.5, 0.6) is 0 Å². The molecule has 3 heterocycles. The fourth-order valence-corrected chi connectivity index (χ4v) is 3.05. The van der Waals surface area contributed by atoms with E-state index in [1.54, 1.807) is 0 Å². The molecule has 0 aromatic carbocycles. The average molecular weight is 407 g/mol. The minimum atomic E-state index is -2.61. The topological polar surface area (TPSA) is 67.7 Å². The lowest BCUT2D eigenvalue weighted by Gasteiger charge is -2.13. The highest BCUT2D eigenvalue weighted by Gasteiger charge is 2.31. The van der Waals surface area contributed by atoms with Crippen LogP contribution in [0.3, 0.4) is 0 Å². The molecular formula is C16H22Cl2F2N6. The van der Waals surface area contributed by atoms with Gasteiger partial charge in [0.15, 0.2) is 11.6 Å². The van der Waals surface area contributed by atoms with Crippen molar-refractivity contribution in [3.63, 3.8) is 0 Å². The maximum absolute atomic E-state index is 13.2. The molecule has 2 fully saturated rings. The van der Waals surface area contributed by atoms with Crippen molar-refractivity contribution >= 4 is 30.6 Å². The summed E-state index contributed by atoms with van der Waals surface area (Å²) in [5.74, 6) is 0.878. The number of halogens is 4. The number of alkyl halides is 2. The Morgan fingerprint density at radius 1 is 1.19 bits per heavy atom. The maximum Gasteiger partial charge on any atom is 0.297 e.